The number of hydrogen-bond acceptors (Lipinski definition) is 4. The van der Waals surface area contributed by atoms with Crippen molar-refractivity contribution in [3.05, 3.63) is 34.1 Å². The molecular weight excluding hydrogens is 311 g/mol. The predicted molar refractivity (Wildman–Crippen MR) is 89.5 cm³/mol. The van der Waals surface area contributed by atoms with Crippen molar-refractivity contribution in [3.8, 4) is 5.75 Å². The van der Waals surface area contributed by atoms with Gasteiger partial charge in [-0.15, -0.1) is 0 Å². The van der Waals surface area contributed by atoms with Gasteiger partial charge in [0.05, 0.1) is 6.61 Å². The zero-order chi connectivity index (χ0) is 18.1. The van der Waals surface area contributed by atoms with E-state index in [1.807, 2.05) is 6.92 Å². The van der Waals surface area contributed by atoms with Crippen LogP contribution in [0, 0.1) is 12.7 Å². The molecule has 0 saturated heterocycles. The highest BCUT2D eigenvalue weighted by Gasteiger charge is 2.24. The lowest BCUT2D eigenvalue weighted by molar-refractivity contribution is -0.150. The Labute approximate surface area is 141 Å². The minimum Gasteiger partial charge on any atom is -0.490 e. The van der Waals surface area contributed by atoms with Crippen LogP contribution in [0.2, 0.25) is 0 Å². The molecule has 0 saturated carbocycles. The van der Waals surface area contributed by atoms with Gasteiger partial charge in [0.2, 0.25) is 0 Å². The third-order valence-corrected chi connectivity index (χ3v) is 3.77. The number of ether oxygens (including phenoxy) is 2. The summed E-state index contributed by atoms with van der Waals surface area (Å²) in [6, 6.07) is 1.30. The van der Waals surface area contributed by atoms with Crippen molar-refractivity contribution in [2.24, 2.45) is 0 Å². The fraction of sp³-hybridized carbons (Fsp3) is 0.474. The molecule has 2 rings (SSSR count). The molecule has 0 N–H and O–H groups in total. The number of fused-ring (bicyclic) bond motifs is 1. The second-order valence-corrected chi connectivity index (χ2v) is 6.95. The summed E-state index contributed by atoms with van der Waals surface area (Å²) < 4.78 is 25.0. The van der Waals surface area contributed by atoms with Crippen molar-refractivity contribution in [1.29, 1.82) is 0 Å². The Morgan fingerprint density at radius 3 is 2.58 bits per heavy atom. The van der Waals surface area contributed by atoms with Crippen LogP contribution in [0.4, 0.5) is 4.39 Å². The summed E-state index contributed by atoms with van der Waals surface area (Å²) in [6.45, 7) is 8.81. The highest BCUT2D eigenvalue weighted by molar-refractivity contribution is 6.20. The first-order valence-corrected chi connectivity index (χ1v) is 8.01. The molecule has 0 radical (unpaired) electrons. The molecule has 4 nitrogen and oxygen atoms in total. The van der Waals surface area contributed by atoms with Crippen LogP contribution in [0.25, 0.3) is 6.08 Å². The molecule has 1 heterocycles. The molecule has 0 spiro atoms. The molecule has 0 unspecified atom stereocenters. The van der Waals surface area contributed by atoms with E-state index in [2.05, 4.69) is 0 Å². The first kappa shape index (κ1) is 18.2. The predicted octanol–water partition coefficient (Wildman–Crippen LogP) is 3.77. The van der Waals surface area contributed by atoms with Gasteiger partial charge in [0.25, 0.3) is 0 Å². The molecule has 1 aliphatic rings. The topological polar surface area (TPSA) is 52.6 Å². The van der Waals surface area contributed by atoms with E-state index in [1.54, 1.807) is 20.8 Å². The molecule has 1 aromatic carbocycles. The van der Waals surface area contributed by atoms with Crippen molar-refractivity contribution >= 4 is 17.8 Å². The first-order chi connectivity index (χ1) is 11.1. The number of benzene rings is 1. The van der Waals surface area contributed by atoms with Crippen LogP contribution >= 0.6 is 0 Å². The van der Waals surface area contributed by atoms with Crippen LogP contribution in [-0.2, 0) is 20.7 Å². The van der Waals surface area contributed by atoms with Gasteiger partial charge < -0.3 is 9.47 Å². The van der Waals surface area contributed by atoms with E-state index >= 15 is 0 Å². The quantitative estimate of drug-likeness (QED) is 0.365. The molecule has 1 aromatic rings. The maximum absolute atomic E-state index is 14.3. The van der Waals surface area contributed by atoms with Gasteiger partial charge >= 0.3 is 5.97 Å². The zero-order valence-electron chi connectivity index (χ0n) is 14.8. The second kappa shape index (κ2) is 6.75. The van der Waals surface area contributed by atoms with E-state index in [9.17, 15) is 14.0 Å². The van der Waals surface area contributed by atoms with Gasteiger partial charge in [0.1, 0.15) is 11.2 Å². The van der Waals surface area contributed by atoms with E-state index in [4.69, 9.17) is 9.47 Å². The monoisotopic (exact) mass is 334 g/mol. The average molecular weight is 334 g/mol. The van der Waals surface area contributed by atoms with Crippen LogP contribution in [0.1, 0.15) is 50.8 Å². The number of carbonyl (C=O) groups is 2. The Bertz CT molecular complexity index is 711. The van der Waals surface area contributed by atoms with Gasteiger partial charge in [-0.1, -0.05) is 0 Å². The van der Waals surface area contributed by atoms with Gasteiger partial charge in [0.15, 0.2) is 17.3 Å². The standard InChI is InChI=1S/C19H23FO4/c1-11-13(10-16(20)17-14(11)7-6-8-23-17)9-15(12(2)21)18(22)24-19(3,4)5/h9-10H,6-8H2,1-5H3. The summed E-state index contributed by atoms with van der Waals surface area (Å²) in [5, 5.41) is 0. The molecule has 0 aliphatic carbocycles. The fourth-order valence-corrected chi connectivity index (χ4v) is 2.62. The molecule has 0 amide bonds. The summed E-state index contributed by atoms with van der Waals surface area (Å²) in [6.07, 6.45) is 2.93. The Balaban J connectivity index is 2.49. The Morgan fingerprint density at radius 2 is 2.00 bits per heavy atom. The van der Waals surface area contributed by atoms with Crippen molar-refractivity contribution in [1.82, 2.24) is 0 Å². The van der Waals surface area contributed by atoms with Crippen LogP contribution in [0.15, 0.2) is 11.6 Å². The zero-order valence-corrected chi connectivity index (χ0v) is 14.8. The number of esters is 1. The largest absolute Gasteiger partial charge is 0.490 e. The normalized spacial score (nSPS) is 14.7. The van der Waals surface area contributed by atoms with Crippen LogP contribution in [0.3, 0.4) is 0 Å². The fourth-order valence-electron chi connectivity index (χ4n) is 2.62. The number of ketones is 1. The van der Waals surface area contributed by atoms with E-state index < -0.39 is 23.2 Å². The molecule has 0 aromatic heterocycles. The maximum Gasteiger partial charge on any atom is 0.342 e. The molecule has 5 heteroatoms. The SMILES string of the molecule is CC(=O)C(=Cc1cc(F)c2c(c1C)CCCO2)C(=O)OC(C)(C)C. The lowest BCUT2D eigenvalue weighted by Crippen LogP contribution is -2.26. The number of rotatable bonds is 3. The molecule has 0 bridgehead atoms. The van der Waals surface area contributed by atoms with Gasteiger partial charge in [-0.25, -0.2) is 9.18 Å². The number of carbonyl (C=O) groups excluding carboxylic acids is 2. The van der Waals surface area contributed by atoms with Gasteiger partial charge in [-0.3, -0.25) is 4.79 Å². The third-order valence-electron chi connectivity index (χ3n) is 3.77. The third kappa shape index (κ3) is 4.02. The Morgan fingerprint density at radius 1 is 1.33 bits per heavy atom. The van der Waals surface area contributed by atoms with Crippen molar-refractivity contribution in [3.63, 3.8) is 0 Å². The van der Waals surface area contributed by atoms with Crippen molar-refractivity contribution in [2.75, 3.05) is 6.61 Å². The summed E-state index contributed by atoms with van der Waals surface area (Å²) in [4.78, 5) is 24.1. The molecule has 24 heavy (non-hydrogen) atoms. The van der Waals surface area contributed by atoms with Gasteiger partial charge in [-0.2, -0.15) is 0 Å². The van der Waals surface area contributed by atoms with Crippen LogP contribution in [0.5, 0.6) is 5.75 Å². The molecule has 0 fully saturated rings. The summed E-state index contributed by atoms with van der Waals surface area (Å²) in [7, 11) is 0. The molecule has 0 atom stereocenters. The highest BCUT2D eigenvalue weighted by Crippen LogP contribution is 2.33. The summed E-state index contributed by atoms with van der Waals surface area (Å²) >= 11 is 0. The minimum atomic E-state index is -0.713. The van der Waals surface area contributed by atoms with E-state index in [-0.39, 0.29) is 11.3 Å². The molecule has 130 valence electrons. The molecular formula is C19H23FO4. The Hall–Kier alpha value is -2.17. The van der Waals surface area contributed by atoms with Crippen LogP contribution in [-0.4, -0.2) is 24.0 Å². The minimum absolute atomic E-state index is 0.0934. The van der Waals surface area contributed by atoms with Gasteiger partial charge in [-0.05, 0) is 70.7 Å². The van der Waals surface area contributed by atoms with E-state index in [0.29, 0.717) is 18.6 Å². The second-order valence-electron chi connectivity index (χ2n) is 6.95. The van der Waals surface area contributed by atoms with Crippen LogP contribution < -0.4 is 4.74 Å². The van der Waals surface area contributed by atoms with Gasteiger partial charge in [0, 0.05) is 5.56 Å². The number of hydrogen-bond donors (Lipinski definition) is 0. The first-order valence-electron chi connectivity index (χ1n) is 8.01. The number of halogens is 1. The van der Waals surface area contributed by atoms with E-state index in [0.717, 1.165) is 17.5 Å². The highest BCUT2D eigenvalue weighted by atomic mass is 19.1. The lowest BCUT2D eigenvalue weighted by atomic mass is 9.94. The van der Waals surface area contributed by atoms with Crippen molar-refractivity contribution in [2.45, 2.75) is 53.1 Å². The summed E-state index contributed by atoms with van der Waals surface area (Å²) in [5.41, 5.74) is 1.29. The Kier molecular flexibility index (Phi) is 5.11. The average Bonchev–Trinajstić information content (AvgIpc) is 2.47. The lowest BCUT2D eigenvalue weighted by Gasteiger charge is -2.22. The molecule has 1 aliphatic heterocycles. The van der Waals surface area contributed by atoms with E-state index in [1.165, 1.54) is 19.1 Å². The maximum atomic E-state index is 14.3. The summed E-state index contributed by atoms with van der Waals surface area (Å²) in [5.74, 6) is -1.33. The van der Waals surface area contributed by atoms with Crippen molar-refractivity contribution < 1.29 is 23.5 Å². The number of Topliss-reactive ketones (excluding diaryl/α,β-unsaturated/α-hetero) is 1. The smallest absolute Gasteiger partial charge is 0.342 e.